The average Bonchev–Trinajstić information content (AvgIpc) is 3.02. The van der Waals surface area contributed by atoms with Crippen LogP contribution in [-0.2, 0) is 36.4 Å². The Labute approximate surface area is 288 Å². The number of ketones is 1. The fourth-order valence-corrected chi connectivity index (χ4v) is 7.31. The van der Waals surface area contributed by atoms with E-state index in [4.69, 9.17) is 28.0 Å². The van der Waals surface area contributed by atoms with Gasteiger partial charge < -0.3 is 21.0 Å². The second-order valence-electron chi connectivity index (χ2n) is 12.5. The van der Waals surface area contributed by atoms with E-state index in [0.29, 0.717) is 28.8 Å². The summed E-state index contributed by atoms with van der Waals surface area (Å²) in [5.74, 6) is -0.607. The van der Waals surface area contributed by atoms with E-state index in [1.807, 2.05) is 39.8 Å². The summed E-state index contributed by atoms with van der Waals surface area (Å²) in [7, 11) is -8.92. The molecule has 1 unspecified atom stereocenters. The van der Waals surface area contributed by atoms with Crippen molar-refractivity contribution in [3.05, 3.63) is 64.2 Å². The molecule has 0 aliphatic carbocycles. The number of nitrogens with one attached hydrogen (secondary N) is 2. The smallest absolute Gasteiger partial charge is 0.410 e. The number of carbonyl (C=O) groups excluding carboxylic acids is 2. The third kappa shape index (κ3) is 12.0. The number of benzene rings is 2. The number of hydrogen-bond acceptors (Lipinski definition) is 10. The number of amidine groups is 1. The number of nitrogens with two attached hydrogens (primary N) is 1. The van der Waals surface area contributed by atoms with Crippen molar-refractivity contribution in [2.24, 2.45) is 10.9 Å². The summed E-state index contributed by atoms with van der Waals surface area (Å²) in [6.45, 7) is 14.6. The molecule has 3 rings (SSSR count). The van der Waals surface area contributed by atoms with Gasteiger partial charge in [0.05, 0.1) is 17.5 Å². The van der Waals surface area contributed by atoms with Gasteiger partial charge in [-0.2, -0.15) is 8.42 Å². The van der Waals surface area contributed by atoms with E-state index in [0.717, 1.165) is 5.56 Å². The molecule has 7 N–H and O–H groups in total. The summed E-state index contributed by atoms with van der Waals surface area (Å²) in [6, 6.07) is 8.40. The number of rotatable bonds is 12. The number of nitrogens with zero attached hydrogens (tertiary/aromatic N) is 2. The van der Waals surface area contributed by atoms with E-state index >= 15 is 0 Å². The number of sulfonamides is 1. The number of Topliss-reactive ketones (excluding diaryl/α,β-unsaturated/α-hetero) is 1. The SMILES string of the molecule is CCOC(=O)N1CCNCC1C(=O)[C@H](Cc1cccc(/C(N)=N\O)c1)NS(=O)(=O)c1c(C(C)C)cc(C(C)C)cc1C(C)C.O=S(=O)(O)O. The van der Waals surface area contributed by atoms with E-state index in [-0.39, 0.29) is 54.6 Å². The van der Waals surface area contributed by atoms with Gasteiger partial charge in [-0.05, 0) is 59.4 Å². The maximum absolute atomic E-state index is 14.4. The number of hydrogen-bond donors (Lipinski definition) is 6. The van der Waals surface area contributed by atoms with Crippen LogP contribution in [0.2, 0.25) is 0 Å². The Morgan fingerprint density at radius 3 is 2.08 bits per heavy atom. The normalized spacial score (nSPS) is 16.4. The monoisotopic (exact) mass is 727 g/mol. The number of carbonyl (C=O) groups is 2. The van der Waals surface area contributed by atoms with Gasteiger partial charge in [0, 0.05) is 25.2 Å². The van der Waals surface area contributed by atoms with Crippen molar-refractivity contribution < 1.29 is 45.5 Å². The Kier molecular flexibility index (Phi) is 15.2. The van der Waals surface area contributed by atoms with Crippen LogP contribution < -0.4 is 15.8 Å². The molecule has 1 aliphatic heterocycles. The molecule has 2 aromatic rings. The lowest BCUT2D eigenvalue weighted by Gasteiger charge is -2.36. The molecule has 1 saturated heterocycles. The molecule has 0 aromatic heterocycles. The first-order chi connectivity index (χ1) is 22.7. The lowest BCUT2D eigenvalue weighted by molar-refractivity contribution is -0.126. The highest BCUT2D eigenvalue weighted by molar-refractivity contribution is 7.89. The maximum atomic E-state index is 14.4. The van der Waals surface area contributed by atoms with Crippen LogP contribution in [0.4, 0.5) is 4.79 Å². The van der Waals surface area contributed by atoms with Gasteiger partial charge in [0.15, 0.2) is 11.6 Å². The average molecular weight is 728 g/mol. The second kappa shape index (κ2) is 17.9. The minimum atomic E-state index is -4.67. The number of piperazine rings is 1. The third-order valence-electron chi connectivity index (χ3n) is 7.83. The van der Waals surface area contributed by atoms with Crippen molar-refractivity contribution in [2.75, 3.05) is 26.2 Å². The molecule has 1 fully saturated rings. The molecule has 1 heterocycles. The van der Waals surface area contributed by atoms with Gasteiger partial charge >= 0.3 is 16.5 Å². The van der Waals surface area contributed by atoms with Gasteiger partial charge in [0.2, 0.25) is 10.0 Å². The van der Waals surface area contributed by atoms with Gasteiger partial charge in [0.1, 0.15) is 6.04 Å². The van der Waals surface area contributed by atoms with E-state index < -0.39 is 44.4 Å². The van der Waals surface area contributed by atoms with Crippen molar-refractivity contribution in [1.29, 1.82) is 0 Å². The molecule has 49 heavy (non-hydrogen) atoms. The molecule has 17 heteroatoms. The van der Waals surface area contributed by atoms with Crippen molar-refractivity contribution in [3.8, 4) is 0 Å². The Hall–Kier alpha value is -3.61. The quantitative estimate of drug-likeness (QED) is 0.0607. The summed E-state index contributed by atoms with van der Waals surface area (Å²) in [6.07, 6.45) is -0.660. The highest BCUT2D eigenvalue weighted by Gasteiger charge is 2.39. The standard InChI is InChI=1S/C32H47N5O6S.H2O4S/c1-8-43-32(39)37-13-12-34-18-28(37)29(38)27(15-22-10-9-11-23(14-22)31(33)35-40)36-44(41,42)30-25(20(4)5)16-24(19(2)3)17-26(30)21(6)7;1-5(2,3)4/h9-11,14,16-17,19-21,27-28,34,36,40H,8,12-13,15,18H2,1-7H3,(H2,33,35);(H2,1,2,3,4)/t27-,28?;/m0./s1. The van der Waals surface area contributed by atoms with Crippen molar-refractivity contribution in [2.45, 2.75) is 89.6 Å². The minimum absolute atomic E-state index is 0.0319. The molecular weight excluding hydrogens is 679 g/mol. The summed E-state index contributed by atoms with van der Waals surface area (Å²) in [5.41, 5.74) is 9.22. The highest BCUT2D eigenvalue weighted by Crippen LogP contribution is 2.35. The van der Waals surface area contributed by atoms with Gasteiger partial charge in [0.25, 0.3) is 0 Å². The van der Waals surface area contributed by atoms with Crippen LogP contribution in [0, 0.1) is 0 Å². The van der Waals surface area contributed by atoms with Crippen LogP contribution in [0.15, 0.2) is 46.4 Å². The van der Waals surface area contributed by atoms with Crippen LogP contribution in [0.25, 0.3) is 0 Å². The number of ether oxygens (including phenoxy) is 1. The lowest BCUT2D eigenvalue weighted by atomic mass is 9.89. The topological polar surface area (TPSA) is 238 Å². The molecule has 274 valence electrons. The van der Waals surface area contributed by atoms with E-state index in [1.54, 1.807) is 31.2 Å². The first-order valence-corrected chi connectivity index (χ1v) is 18.7. The Balaban J connectivity index is 0.00000155. The minimum Gasteiger partial charge on any atom is -0.450 e. The van der Waals surface area contributed by atoms with E-state index in [1.165, 1.54) is 4.90 Å². The largest absolute Gasteiger partial charge is 0.450 e. The molecule has 0 radical (unpaired) electrons. The van der Waals surface area contributed by atoms with Crippen LogP contribution in [0.5, 0.6) is 0 Å². The molecule has 1 amide bonds. The van der Waals surface area contributed by atoms with Crippen molar-refractivity contribution in [3.63, 3.8) is 0 Å². The zero-order valence-electron chi connectivity index (χ0n) is 28.9. The zero-order valence-corrected chi connectivity index (χ0v) is 30.5. The third-order valence-corrected chi connectivity index (χ3v) is 9.44. The first-order valence-electron chi connectivity index (χ1n) is 15.9. The molecule has 0 bridgehead atoms. The molecule has 0 saturated carbocycles. The van der Waals surface area contributed by atoms with Crippen LogP contribution in [0.3, 0.4) is 0 Å². The number of oxime groups is 1. The molecule has 2 atom stereocenters. The fraction of sp³-hybridized carbons (Fsp3) is 0.531. The van der Waals surface area contributed by atoms with Gasteiger partial charge in [-0.1, -0.05) is 77.0 Å². The lowest BCUT2D eigenvalue weighted by Crippen LogP contribution is -2.61. The van der Waals surface area contributed by atoms with Gasteiger partial charge in [-0.3, -0.25) is 18.8 Å². The molecular formula is C32H49N5O10S2. The predicted octanol–water partition coefficient (Wildman–Crippen LogP) is 3.39. The fourth-order valence-electron chi connectivity index (χ4n) is 5.41. The summed E-state index contributed by atoms with van der Waals surface area (Å²) < 4.78 is 68.4. The van der Waals surface area contributed by atoms with Crippen LogP contribution in [0.1, 0.15) is 94.0 Å². The van der Waals surface area contributed by atoms with Crippen molar-refractivity contribution in [1.82, 2.24) is 14.9 Å². The molecule has 0 spiro atoms. The maximum Gasteiger partial charge on any atom is 0.410 e. The van der Waals surface area contributed by atoms with E-state index in [2.05, 4.69) is 29.0 Å². The van der Waals surface area contributed by atoms with E-state index in [9.17, 15) is 23.2 Å². The second-order valence-corrected chi connectivity index (χ2v) is 15.1. The predicted molar refractivity (Wildman–Crippen MR) is 185 cm³/mol. The Morgan fingerprint density at radius 1 is 1.02 bits per heavy atom. The summed E-state index contributed by atoms with van der Waals surface area (Å²) in [5, 5.41) is 15.4. The zero-order chi connectivity index (χ0) is 37.3. The molecule has 2 aromatic carbocycles. The van der Waals surface area contributed by atoms with Crippen LogP contribution in [-0.4, -0.2) is 92.1 Å². The van der Waals surface area contributed by atoms with Gasteiger partial charge in [-0.15, -0.1) is 0 Å². The first kappa shape index (κ1) is 41.6. The summed E-state index contributed by atoms with van der Waals surface area (Å²) in [4.78, 5) is 28.6. The number of amides is 1. The Morgan fingerprint density at radius 2 is 1.59 bits per heavy atom. The molecule has 1 aliphatic rings. The summed E-state index contributed by atoms with van der Waals surface area (Å²) >= 11 is 0. The highest BCUT2D eigenvalue weighted by atomic mass is 32.3. The van der Waals surface area contributed by atoms with Crippen molar-refractivity contribution >= 4 is 38.1 Å². The molecule has 15 nitrogen and oxygen atoms in total. The van der Waals surface area contributed by atoms with Gasteiger partial charge in [-0.25, -0.2) is 17.9 Å². The van der Waals surface area contributed by atoms with Crippen LogP contribution >= 0.6 is 0 Å². The Bertz CT molecular complexity index is 1670.